The van der Waals surface area contributed by atoms with E-state index in [1.165, 1.54) is 12.1 Å². The van der Waals surface area contributed by atoms with Gasteiger partial charge in [0.25, 0.3) is 10.1 Å². The molecule has 86 valence electrons. The number of benzene rings is 1. The highest BCUT2D eigenvalue weighted by Gasteiger charge is 2.32. The van der Waals surface area contributed by atoms with Crippen LogP contribution in [0.25, 0.3) is 0 Å². The Morgan fingerprint density at radius 3 is 2.25 bits per heavy atom. The van der Waals surface area contributed by atoms with Crippen LogP contribution in [0, 0.1) is 6.92 Å². The molecule has 0 aromatic heterocycles. The number of ketones is 1. The van der Waals surface area contributed by atoms with Gasteiger partial charge in [0, 0.05) is 12.8 Å². The molecule has 5 heteroatoms. The predicted molar refractivity (Wildman–Crippen MR) is 57.5 cm³/mol. The molecule has 1 aromatic carbocycles. The molecule has 0 unspecified atom stereocenters. The van der Waals surface area contributed by atoms with Crippen LogP contribution in [-0.4, -0.2) is 20.3 Å². The lowest BCUT2D eigenvalue weighted by Gasteiger charge is -2.23. The Hall–Kier alpha value is -1.20. The lowest BCUT2D eigenvalue weighted by atomic mass is 9.95. The quantitative estimate of drug-likeness (QED) is 0.750. The third-order valence-corrected chi connectivity index (χ3v) is 3.86. The number of hydrogen-bond donors (Lipinski definition) is 0. The van der Waals surface area contributed by atoms with E-state index in [9.17, 15) is 13.2 Å². The van der Waals surface area contributed by atoms with Crippen LogP contribution in [0.2, 0.25) is 0 Å². The first-order valence-corrected chi connectivity index (χ1v) is 6.40. The number of hydrogen-bond acceptors (Lipinski definition) is 4. The maximum Gasteiger partial charge on any atom is 0.297 e. The highest BCUT2D eigenvalue weighted by atomic mass is 32.2. The van der Waals surface area contributed by atoms with Crippen molar-refractivity contribution in [2.45, 2.75) is 30.8 Å². The van der Waals surface area contributed by atoms with E-state index < -0.39 is 16.2 Å². The average Bonchev–Trinajstić information content (AvgIpc) is 2.15. The van der Waals surface area contributed by atoms with E-state index in [2.05, 4.69) is 0 Å². The van der Waals surface area contributed by atoms with Crippen molar-refractivity contribution in [2.24, 2.45) is 0 Å². The highest BCUT2D eigenvalue weighted by Crippen LogP contribution is 2.24. The van der Waals surface area contributed by atoms with Gasteiger partial charge in [-0.3, -0.25) is 8.98 Å². The van der Waals surface area contributed by atoms with Crippen molar-refractivity contribution in [2.75, 3.05) is 0 Å². The molecule has 0 amide bonds. The van der Waals surface area contributed by atoms with Crippen molar-refractivity contribution in [1.29, 1.82) is 0 Å². The van der Waals surface area contributed by atoms with Gasteiger partial charge in [-0.25, -0.2) is 0 Å². The zero-order valence-electron chi connectivity index (χ0n) is 8.84. The Balaban J connectivity index is 2.13. The van der Waals surface area contributed by atoms with Crippen LogP contribution in [0.4, 0.5) is 0 Å². The van der Waals surface area contributed by atoms with Gasteiger partial charge >= 0.3 is 0 Å². The van der Waals surface area contributed by atoms with Crippen molar-refractivity contribution in [3.63, 3.8) is 0 Å². The van der Waals surface area contributed by atoms with Crippen LogP contribution >= 0.6 is 0 Å². The van der Waals surface area contributed by atoms with Crippen molar-refractivity contribution in [3.8, 4) is 0 Å². The first-order chi connectivity index (χ1) is 7.47. The minimum absolute atomic E-state index is 0.0455. The van der Waals surface area contributed by atoms with Crippen LogP contribution in [0.5, 0.6) is 0 Å². The first kappa shape index (κ1) is 11.3. The molecular weight excluding hydrogens is 228 g/mol. The molecule has 1 aliphatic carbocycles. The fraction of sp³-hybridized carbons (Fsp3) is 0.364. The summed E-state index contributed by atoms with van der Waals surface area (Å²) in [6.45, 7) is 1.88. The molecule has 1 fully saturated rings. The van der Waals surface area contributed by atoms with Crippen LogP contribution in [0.3, 0.4) is 0 Å². The first-order valence-electron chi connectivity index (χ1n) is 4.99. The molecule has 0 radical (unpaired) electrons. The van der Waals surface area contributed by atoms with Gasteiger partial charge in [0.1, 0.15) is 5.78 Å². The van der Waals surface area contributed by atoms with E-state index >= 15 is 0 Å². The molecule has 1 aromatic rings. The van der Waals surface area contributed by atoms with Crippen molar-refractivity contribution in [3.05, 3.63) is 29.8 Å². The molecule has 0 atom stereocenters. The van der Waals surface area contributed by atoms with Gasteiger partial charge in [0.2, 0.25) is 0 Å². The van der Waals surface area contributed by atoms with Gasteiger partial charge in [-0.1, -0.05) is 17.7 Å². The normalized spacial score (nSPS) is 17.2. The van der Waals surface area contributed by atoms with Crippen LogP contribution in [-0.2, 0) is 19.1 Å². The minimum atomic E-state index is -3.71. The van der Waals surface area contributed by atoms with Crippen LogP contribution in [0.1, 0.15) is 18.4 Å². The standard InChI is InChI=1S/C11H12O4S/c1-8-2-4-11(5-3-8)16(13,14)15-10-6-9(12)7-10/h2-5,10H,6-7H2,1H3. The van der Waals surface area contributed by atoms with E-state index in [1.807, 2.05) is 6.92 Å². The smallest absolute Gasteiger partial charge is 0.297 e. The van der Waals surface area contributed by atoms with E-state index in [4.69, 9.17) is 4.18 Å². The summed E-state index contributed by atoms with van der Waals surface area (Å²) < 4.78 is 28.4. The number of aryl methyl sites for hydroxylation is 1. The second-order valence-corrected chi connectivity index (χ2v) is 5.50. The number of carbonyl (C=O) groups excluding carboxylic acids is 1. The third kappa shape index (κ3) is 2.31. The molecule has 1 aliphatic rings. The van der Waals surface area contributed by atoms with Gasteiger partial charge in [0.15, 0.2) is 0 Å². The lowest BCUT2D eigenvalue weighted by Crippen LogP contribution is -2.33. The predicted octanol–water partition coefficient (Wildman–Crippen LogP) is 1.43. The Morgan fingerprint density at radius 2 is 1.75 bits per heavy atom. The Labute approximate surface area is 94.4 Å². The monoisotopic (exact) mass is 240 g/mol. The molecule has 2 rings (SSSR count). The van der Waals surface area contributed by atoms with Gasteiger partial charge in [-0.2, -0.15) is 8.42 Å². The molecular formula is C11H12O4S. The topological polar surface area (TPSA) is 60.4 Å². The fourth-order valence-corrected chi connectivity index (χ4v) is 2.53. The Morgan fingerprint density at radius 1 is 1.19 bits per heavy atom. The molecule has 0 spiro atoms. The fourth-order valence-electron chi connectivity index (χ4n) is 1.46. The maximum absolute atomic E-state index is 11.7. The Bertz CT molecular complexity index is 493. The molecule has 0 heterocycles. The van der Waals surface area contributed by atoms with E-state index in [0.29, 0.717) is 0 Å². The van der Waals surface area contributed by atoms with Crippen molar-refractivity contribution < 1.29 is 17.4 Å². The van der Waals surface area contributed by atoms with Crippen molar-refractivity contribution >= 4 is 15.9 Å². The zero-order valence-corrected chi connectivity index (χ0v) is 9.66. The summed E-state index contributed by atoms with van der Waals surface area (Å²) in [5, 5.41) is 0. The minimum Gasteiger partial charge on any atom is -0.300 e. The van der Waals surface area contributed by atoms with Crippen LogP contribution in [0.15, 0.2) is 29.2 Å². The molecule has 0 aliphatic heterocycles. The average molecular weight is 240 g/mol. The second kappa shape index (κ2) is 3.99. The second-order valence-electron chi connectivity index (χ2n) is 3.93. The third-order valence-electron chi connectivity index (χ3n) is 2.48. The summed E-state index contributed by atoms with van der Waals surface area (Å²) in [6.07, 6.45) is -0.0743. The van der Waals surface area contributed by atoms with Gasteiger partial charge < -0.3 is 0 Å². The maximum atomic E-state index is 11.7. The SMILES string of the molecule is Cc1ccc(S(=O)(=O)OC2CC(=O)C2)cc1. The number of rotatable bonds is 3. The van der Waals surface area contributed by atoms with Gasteiger partial charge in [-0.05, 0) is 19.1 Å². The Kier molecular flexibility index (Phi) is 2.82. The summed E-state index contributed by atoms with van der Waals surface area (Å²) in [5.74, 6) is 0.0455. The van der Waals surface area contributed by atoms with Gasteiger partial charge in [-0.15, -0.1) is 0 Å². The van der Waals surface area contributed by atoms with Crippen molar-refractivity contribution in [1.82, 2.24) is 0 Å². The van der Waals surface area contributed by atoms with E-state index in [0.717, 1.165) is 5.56 Å². The van der Waals surface area contributed by atoms with Gasteiger partial charge in [0.05, 0.1) is 11.0 Å². The zero-order chi connectivity index (χ0) is 11.8. The van der Waals surface area contributed by atoms with E-state index in [1.54, 1.807) is 12.1 Å². The number of Topliss-reactive ketones (excluding diaryl/α,β-unsaturated/α-hetero) is 1. The largest absolute Gasteiger partial charge is 0.300 e. The molecule has 0 saturated heterocycles. The van der Waals surface area contributed by atoms with E-state index in [-0.39, 0.29) is 23.5 Å². The molecule has 16 heavy (non-hydrogen) atoms. The summed E-state index contributed by atoms with van der Waals surface area (Å²) in [4.78, 5) is 10.8. The number of carbonyl (C=O) groups is 1. The summed E-state index contributed by atoms with van der Waals surface area (Å²) in [6, 6.07) is 6.43. The highest BCUT2D eigenvalue weighted by molar-refractivity contribution is 7.86. The lowest BCUT2D eigenvalue weighted by molar-refractivity contribution is -0.129. The molecule has 0 N–H and O–H groups in total. The van der Waals surface area contributed by atoms with Crippen LogP contribution < -0.4 is 0 Å². The molecule has 4 nitrogen and oxygen atoms in total. The molecule has 1 saturated carbocycles. The summed E-state index contributed by atoms with van der Waals surface area (Å²) >= 11 is 0. The molecule has 0 bridgehead atoms. The summed E-state index contributed by atoms with van der Waals surface area (Å²) in [7, 11) is -3.71. The summed E-state index contributed by atoms with van der Waals surface area (Å²) in [5.41, 5.74) is 0.984.